The molecule has 3 fully saturated rings. The maximum atomic E-state index is 12.6. The Kier molecular flexibility index (Phi) is 8.12. The van der Waals surface area contributed by atoms with Crippen molar-refractivity contribution in [2.75, 3.05) is 24.3 Å². The van der Waals surface area contributed by atoms with Gasteiger partial charge in [-0.2, -0.15) is 11.8 Å². The van der Waals surface area contributed by atoms with Gasteiger partial charge in [-0.1, -0.05) is 12.8 Å². The average molecular weight is 574 g/mol. The maximum Gasteiger partial charge on any atom is 0.330 e. The third kappa shape index (κ3) is 5.77. The van der Waals surface area contributed by atoms with Gasteiger partial charge in [0.2, 0.25) is 0 Å². The van der Waals surface area contributed by atoms with E-state index < -0.39 is 51.0 Å². The van der Waals surface area contributed by atoms with E-state index in [-0.39, 0.29) is 23.9 Å². The number of nitrogens with two attached hydrogens (primary N) is 1. The van der Waals surface area contributed by atoms with Crippen LogP contribution in [0.4, 0.5) is 10.6 Å². The molecule has 3 saturated heterocycles. The molecule has 5 rings (SSSR count). The molecule has 3 aliphatic heterocycles. The van der Waals surface area contributed by atoms with Gasteiger partial charge in [-0.15, -0.1) is 0 Å². The summed E-state index contributed by atoms with van der Waals surface area (Å²) in [6, 6.07) is 0.148. The van der Waals surface area contributed by atoms with Gasteiger partial charge in [0.15, 0.2) is 17.7 Å². The van der Waals surface area contributed by atoms with Gasteiger partial charge in [-0.25, -0.2) is 19.7 Å². The minimum absolute atomic E-state index is 0.119. The van der Waals surface area contributed by atoms with Gasteiger partial charge < -0.3 is 45.8 Å². The number of ether oxygens (including phenoxy) is 1. The van der Waals surface area contributed by atoms with E-state index in [9.17, 15) is 29.6 Å². The van der Waals surface area contributed by atoms with Gasteiger partial charge in [0.05, 0.1) is 37.3 Å². The second-order valence-electron chi connectivity index (χ2n) is 9.81. The first-order valence-corrected chi connectivity index (χ1v) is 15.2. The number of nitrogens with one attached hydrogen (secondary N) is 2. The van der Waals surface area contributed by atoms with Crippen molar-refractivity contribution in [1.82, 2.24) is 30.2 Å². The molecule has 210 valence electrons. The molecule has 8 N–H and O–H groups in total. The lowest BCUT2D eigenvalue weighted by atomic mass is 10.0. The van der Waals surface area contributed by atoms with Crippen LogP contribution >= 0.6 is 19.4 Å². The lowest BCUT2D eigenvalue weighted by Crippen LogP contribution is -2.36. The fraction of sp³-hybridized carbons (Fsp3) is 0.714. The molecule has 9 atom stereocenters. The highest BCUT2D eigenvalue weighted by Gasteiger charge is 2.45. The van der Waals surface area contributed by atoms with Gasteiger partial charge in [0.1, 0.15) is 30.2 Å². The Morgan fingerprint density at radius 1 is 1.26 bits per heavy atom. The molecular formula is C21H32N7O8PS. The number of fused-ring (bicyclic) bond motifs is 2. The number of aliphatic hydroxyl groups excluding tert-OH is 3. The number of aromatic nitrogens is 4. The summed E-state index contributed by atoms with van der Waals surface area (Å²) in [6.07, 6.45) is -1.25. The summed E-state index contributed by atoms with van der Waals surface area (Å²) in [7, 11) is -4.20. The number of carbonyl (C=O) groups is 1. The number of unbranched alkanes of at least 4 members (excludes halogenated alkanes) is 1. The third-order valence-corrected chi connectivity index (χ3v) is 10.0. The Bertz CT molecular complexity index is 1210. The Morgan fingerprint density at radius 2 is 2.08 bits per heavy atom. The lowest BCUT2D eigenvalue weighted by molar-refractivity contribution is -0.0486. The molecule has 2 amide bonds. The molecule has 2 aromatic rings. The van der Waals surface area contributed by atoms with E-state index in [0.717, 1.165) is 18.6 Å². The molecule has 17 heteroatoms. The van der Waals surface area contributed by atoms with Crippen LogP contribution in [-0.2, 0) is 13.8 Å². The topological polar surface area (TPSA) is 227 Å². The molecule has 2 unspecified atom stereocenters. The van der Waals surface area contributed by atoms with Crippen molar-refractivity contribution < 1.29 is 38.8 Å². The molecule has 0 radical (unpaired) electrons. The molecule has 15 nitrogen and oxygen atoms in total. The lowest BCUT2D eigenvalue weighted by Gasteiger charge is -2.20. The van der Waals surface area contributed by atoms with Gasteiger partial charge in [-0.3, -0.25) is 9.13 Å². The number of thioether (sulfide) groups is 1. The average Bonchev–Trinajstić information content (AvgIpc) is 3.61. The van der Waals surface area contributed by atoms with Crippen LogP contribution in [0.3, 0.4) is 0 Å². The van der Waals surface area contributed by atoms with E-state index in [0.29, 0.717) is 29.3 Å². The molecule has 0 aliphatic carbocycles. The number of nitrogens with zero attached hydrogens (tertiary/aromatic N) is 4. The standard InChI is InChI=1S/C21H32N7O8PS/c22-18-15-19(24-8-23-18)28(9-25-15)20-17(31)16(30)12(36-20)5-35-37(33,34)6-10(29)3-1-2-4-13-14-11(7-38-13)26-21(32)27-14/h8-14,16-17,20,29-31H,1-7H2,(H,33,34)(H2,22,23,24)(H2,26,27,32)/t10?,11-,12+,13-,14-,16+,17+,20+/m0/s1. The summed E-state index contributed by atoms with van der Waals surface area (Å²) in [4.78, 5) is 33.8. The molecular weight excluding hydrogens is 541 g/mol. The zero-order chi connectivity index (χ0) is 27.0. The van der Waals surface area contributed by atoms with Crippen molar-refractivity contribution in [3.63, 3.8) is 0 Å². The SMILES string of the molecule is Nc1ncnc2c1ncn2[C@@H]1O[C@H](COP(=O)(O)CC(O)CCCC[C@@H]2SC[C@@H]3NC(=O)N[C@@H]32)[C@@H](O)[C@H]1O. The maximum absolute atomic E-state index is 12.6. The number of aliphatic hydroxyl groups is 3. The Labute approximate surface area is 222 Å². The number of hydrogen-bond donors (Lipinski definition) is 7. The smallest absolute Gasteiger partial charge is 0.330 e. The number of nitrogen functional groups attached to an aromatic ring is 1. The largest absolute Gasteiger partial charge is 0.392 e. The van der Waals surface area contributed by atoms with Crippen LogP contribution in [0.15, 0.2) is 12.7 Å². The zero-order valence-electron chi connectivity index (χ0n) is 20.4. The third-order valence-electron chi connectivity index (χ3n) is 7.09. The summed E-state index contributed by atoms with van der Waals surface area (Å²) in [6.45, 7) is -0.472. The minimum Gasteiger partial charge on any atom is -0.392 e. The highest BCUT2D eigenvalue weighted by molar-refractivity contribution is 8.00. The van der Waals surface area contributed by atoms with E-state index in [1.807, 2.05) is 11.8 Å². The molecule has 38 heavy (non-hydrogen) atoms. The fourth-order valence-corrected chi connectivity index (χ4v) is 7.87. The van der Waals surface area contributed by atoms with E-state index in [2.05, 4.69) is 25.6 Å². The number of anilines is 1. The Hall–Kier alpha value is -2.04. The number of rotatable bonds is 11. The summed E-state index contributed by atoms with van der Waals surface area (Å²) in [5.41, 5.74) is 6.39. The van der Waals surface area contributed by atoms with Crippen LogP contribution in [0.2, 0.25) is 0 Å². The molecule has 2 aromatic heterocycles. The van der Waals surface area contributed by atoms with Crippen molar-refractivity contribution in [2.24, 2.45) is 0 Å². The van der Waals surface area contributed by atoms with Crippen molar-refractivity contribution in [1.29, 1.82) is 0 Å². The number of urea groups is 1. The molecule has 0 aromatic carbocycles. The second-order valence-corrected chi connectivity index (χ2v) is 13.0. The summed E-state index contributed by atoms with van der Waals surface area (Å²) >= 11 is 1.81. The minimum atomic E-state index is -4.20. The van der Waals surface area contributed by atoms with Gasteiger partial charge in [0, 0.05) is 11.0 Å². The Morgan fingerprint density at radius 3 is 2.89 bits per heavy atom. The molecule has 0 spiro atoms. The molecule has 0 bridgehead atoms. The number of hydrogen-bond acceptors (Lipinski definition) is 12. The predicted molar refractivity (Wildman–Crippen MR) is 136 cm³/mol. The van der Waals surface area contributed by atoms with Gasteiger partial charge in [0.25, 0.3) is 0 Å². The highest BCUT2D eigenvalue weighted by atomic mass is 32.2. The van der Waals surface area contributed by atoms with E-state index in [1.54, 1.807) is 0 Å². The first-order chi connectivity index (χ1) is 18.1. The fourth-order valence-electron chi connectivity index (χ4n) is 5.12. The first kappa shape index (κ1) is 27.5. The van der Waals surface area contributed by atoms with E-state index in [1.165, 1.54) is 17.2 Å². The van der Waals surface area contributed by atoms with E-state index in [4.69, 9.17) is 15.0 Å². The Balaban J connectivity index is 1.06. The predicted octanol–water partition coefficient (Wildman–Crippen LogP) is -0.684. The monoisotopic (exact) mass is 573 g/mol. The molecule has 5 heterocycles. The summed E-state index contributed by atoms with van der Waals surface area (Å²) in [5.74, 6) is 1.02. The number of imidazole rings is 1. The first-order valence-electron chi connectivity index (χ1n) is 12.4. The number of amides is 2. The van der Waals surface area contributed by atoms with E-state index >= 15 is 0 Å². The van der Waals surface area contributed by atoms with Crippen LogP contribution in [0.5, 0.6) is 0 Å². The van der Waals surface area contributed by atoms with Gasteiger partial charge >= 0.3 is 13.6 Å². The van der Waals surface area contributed by atoms with Crippen LogP contribution < -0.4 is 16.4 Å². The van der Waals surface area contributed by atoms with Crippen LogP contribution in [0.1, 0.15) is 31.9 Å². The molecule has 0 saturated carbocycles. The second kappa shape index (κ2) is 11.2. The van der Waals surface area contributed by atoms with Crippen molar-refractivity contribution in [3.8, 4) is 0 Å². The highest BCUT2D eigenvalue weighted by Crippen LogP contribution is 2.44. The van der Waals surface area contributed by atoms with Gasteiger partial charge in [-0.05, 0) is 12.8 Å². The van der Waals surface area contributed by atoms with Crippen LogP contribution in [-0.4, -0.2) is 106 Å². The molecule has 3 aliphatic rings. The van der Waals surface area contributed by atoms with Crippen molar-refractivity contribution in [2.45, 2.75) is 73.7 Å². The normalized spacial score (nSPS) is 33.2. The zero-order valence-corrected chi connectivity index (χ0v) is 22.1. The van der Waals surface area contributed by atoms with Crippen molar-refractivity contribution >= 4 is 42.4 Å². The van der Waals surface area contributed by atoms with Crippen LogP contribution in [0.25, 0.3) is 11.2 Å². The number of carbonyl (C=O) groups excluding carboxylic acids is 1. The quantitative estimate of drug-likeness (QED) is 0.101. The van der Waals surface area contributed by atoms with Crippen molar-refractivity contribution in [3.05, 3.63) is 12.7 Å². The summed E-state index contributed by atoms with van der Waals surface area (Å²) in [5, 5.41) is 37.4. The van der Waals surface area contributed by atoms with Crippen LogP contribution in [0, 0.1) is 0 Å². The summed E-state index contributed by atoms with van der Waals surface area (Å²) < 4.78 is 24.8.